The molecule has 0 unspecified atom stereocenters. The van der Waals surface area contributed by atoms with Crippen molar-refractivity contribution in [2.45, 2.75) is 12.7 Å². The van der Waals surface area contributed by atoms with Crippen LogP contribution in [0.3, 0.4) is 0 Å². The zero-order valence-electron chi connectivity index (χ0n) is 19.1. The molecular weight excluding hydrogens is 534 g/mol. The maximum Gasteiger partial charge on any atom is 0.437 e. The first-order valence-electron chi connectivity index (χ1n) is 10.5. The van der Waals surface area contributed by atoms with Gasteiger partial charge in [0.2, 0.25) is 5.75 Å². The van der Waals surface area contributed by atoms with Crippen LogP contribution in [0.25, 0.3) is 11.1 Å². The number of aromatic nitrogens is 4. The van der Waals surface area contributed by atoms with Crippen molar-refractivity contribution in [2.24, 2.45) is 0 Å². The molecular formula is C24H14ClF4N5O4. The number of nitriles is 1. The molecule has 0 aliphatic heterocycles. The van der Waals surface area contributed by atoms with Gasteiger partial charge in [-0.05, 0) is 42.5 Å². The summed E-state index contributed by atoms with van der Waals surface area (Å²) in [4.78, 5) is 28.8. The van der Waals surface area contributed by atoms with Crippen molar-refractivity contribution in [3.8, 4) is 34.4 Å². The van der Waals surface area contributed by atoms with E-state index in [1.807, 2.05) is 0 Å². The molecule has 0 aliphatic carbocycles. The Hall–Kier alpha value is -4.70. The van der Waals surface area contributed by atoms with E-state index in [0.29, 0.717) is 6.33 Å². The molecule has 0 spiro atoms. The number of benzene rings is 2. The molecule has 0 saturated heterocycles. The lowest BCUT2D eigenvalue weighted by molar-refractivity contribution is -0.142. The average molecular weight is 548 g/mol. The van der Waals surface area contributed by atoms with Gasteiger partial charge in [0, 0.05) is 10.6 Å². The number of H-pyrrole nitrogens is 1. The van der Waals surface area contributed by atoms with Crippen molar-refractivity contribution in [3.05, 3.63) is 97.3 Å². The zero-order valence-corrected chi connectivity index (χ0v) is 19.9. The molecule has 38 heavy (non-hydrogen) atoms. The maximum atomic E-state index is 13.9. The molecule has 0 amide bonds. The number of alkyl halides is 3. The molecule has 14 heteroatoms. The molecule has 194 valence electrons. The molecule has 1 N–H and O–H groups in total. The summed E-state index contributed by atoms with van der Waals surface area (Å²) in [5.74, 6) is -1.93. The average Bonchev–Trinajstić information content (AvgIpc) is 2.86. The summed E-state index contributed by atoms with van der Waals surface area (Å²) in [7, 11) is 1.32. The molecule has 0 fully saturated rings. The molecule has 2 aromatic carbocycles. The highest BCUT2D eigenvalue weighted by molar-refractivity contribution is 6.30. The van der Waals surface area contributed by atoms with Crippen LogP contribution in [0, 0.1) is 17.1 Å². The second kappa shape index (κ2) is 10.3. The Balaban J connectivity index is 1.79. The Morgan fingerprint density at radius 1 is 1.13 bits per heavy atom. The molecule has 0 atom stereocenters. The molecule has 2 aromatic heterocycles. The Bertz CT molecular complexity index is 1700. The topological polar surface area (TPSA) is 123 Å². The van der Waals surface area contributed by atoms with E-state index in [0.717, 1.165) is 28.8 Å². The van der Waals surface area contributed by atoms with Crippen LogP contribution >= 0.6 is 11.6 Å². The number of methoxy groups -OCH3 is 1. The van der Waals surface area contributed by atoms with Crippen LogP contribution in [0.2, 0.25) is 5.02 Å². The number of nitrogens with one attached hydrogen (secondary N) is 1. The minimum Gasteiger partial charge on any atom is -0.496 e. The predicted molar refractivity (Wildman–Crippen MR) is 126 cm³/mol. The first-order valence-corrected chi connectivity index (χ1v) is 10.9. The standard InChI is InChI=1S/C24H14ClF4N5O4/c1-37-19-3-2-14(26)7-17(19)18-8-15(32-33-22(18)35)10-34-11-31-21(24(27,28)29)20(23(34)36)38-16-5-12(9-30)4-13(25)6-16/h2-8,11H,10H2,1H3,(H,33,35). The minimum absolute atomic E-state index is 0.00503. The molecule has 2 heterocycles. The number of hydrogen-bond donors (Lipinski definition) is 1. The van der Waals surface area contributed by atoms with E-state index in [2.05, 4.69) is 15.2 Å². The van der Waals surface area contributed by atoms with Crippen molar-refractivity contribution in [1.82, 2.24) is 19.7 Å². The summed E-state index contributed by atoms with van der Waals surface area (Å²) < 4.78 is 66.0. The van der Waals surface area contributed by atoms with Gasteiger partial charge in [0.15, 0.2) is 5.69 Å². The summed E-state index contributed by atoms with van der Waals surface area (Å²) in [5, 5.41) is 15.1. The molecule has 0 aliphatic rings. The molecule has 4 rings (SSSR count). The van der Waals surface area contributed by atoms with E-state index in [-0.39, 0.29) is 38.9 Å². The second-order valence-corrected chi connectivity index (χ2v) is 8.13. The third-order valence-electron chi connectivity index (χ3n) is 5.13. The Labute approximate surface area is 215 Å². The smallest absolute Gasteiger partial charge is 0.437 e. The van der Waals surface area contributed by atoms with Gasteiger partial charge in [0.25, 0.3) is 11.1 Å². The maximum absolute atomic E-state index is 13.9. The van der Waals surface area contributed by atoms with Gasteiger partial charge in [-0.15, -0.1) is 0 Å². The quantitative estimate of drug-likeness (QED) is 0.352. The fraction of sp³-hybridized carbons (Fsp3) is 0.125. The van der Waals surface area contributed by atoms with Crippen LogP contribution in [-0.2, 0) is 12.7 Å². The zero-order chi connectivity index (χ0) is 27.6. The molecule has 9 nitrogen and oxygen atoms in total. The lowest BCUT2D eigenvalue weighted by atomic mass is 10.1. The van der Waals surface area contributed by atoms with Crippen LogP contribution in [-0.4, -0.2) is 26.9 Å². The van der Waals surface area contributed by atoms with Crippen molar-refractivity contribution in [2.75, 3.05) is 7.11 Å². The van der Waals surface area contributed by atoms with E-state index in [9.17, 15) is 27.2 Å². The summed E-state index contributed by atoms with van der Waals surface area (Å²) >= 11 is 5.89. The van der Waals surface area contributed by atoms with Gasteiger partial charge in [-0.3, -0.25) is 14.2 Å². The second-order valence-electron chi connectivity index (χ2n) is 7.69. The first kappa shape index (κ1) is 26.4. The summed E-state index contributed by atoms with van der Waals surface area (Å²) in [6.07, 6.45) is -4.41. The Morgan fingerprint density at radius 3 is 2.58 bits per heavy atom. The van der Waals surface area contributed by atoms with E-state index in [1.54, 1.807) is 6.07 Å². The molecule has 0 radical (unpaired) electrons. The third kappa shape index (κ3) is 5.50. The molecule has 4 aromatic rings. The van der Waals surface area contributed by atoms with Gasteiger partial charge in [-0.1, -0.05) is 11.6 Å². The van der Waals surface area contributed by atoms with Crippen LogP contribution < -0.4 is 20.6 Å². The molecule has 0 bridgehead atoms. The number of aromatic amines is 1. The van der Waals surface area contributed by atoms with Gasteiger partial charge in [-0.25, -0.2) is 14.5 Å². The lowest BCUT2D eigenvalue weighted by Crippen LogP contribution is -2.27. The van der Waals surface area contributed by atoms with Gasteiger partial charge < -0.3 is 9.47 Å². The number of rotatable bonds is 6. The monoisotopic (exact) mass is 547 g/mol. The van der Waals surface area contributed by atoms with Crippen LogP contribution in [0.15, 0.2) is 58.4 Å². The van der Waals surface area contributed by atoms with Crippen LogP contribution in [0.5, 0.6) is 17.2 Å². The van der Waals surface area contributed by atoms with Gasteiger partial charge in [0.1, 0.15) is 17.3 Å². The summed E-state index contributed by atoms with van der Waals surface area (Å²) in [6.45, 7) is -0.444. The Kier molecular flexibility index (Phi) is 7.18. The summed E-state index contributed by atoms with van der Waals surface area (Å²) in [5.41, 5.74) is -3.49. The van der Waals surface area contributed by atoms with E-state index in [4.69, 9.17) is 26.3 Å². The SMILES string of the molecule is COc1ccc(F)cc1-c1cc(Cn2cnc(C(F)(F)F)c(Oc3cc(Cl)cc(C#N)c3)c2=O)n[nH]c1=O. The molecule has 0 saturated carbocycles. The van der Waals surface area contributed by atoms with E-state index in [1.165, 1.54) is 25.3 Å². The normalized spacial score (nSPS) is 11.2. The fourth-order valence-electron chi connectivity index (χ4n) is 3.47. The van der Waals surface area contributed by atoms with E-state index < -0.39 is 41.1 Å². The highest BCUT2D eigenvalue weighted by Gasteiger charge is 2.38. The first-order chi connectivity index (χ1) is 18.0. The highest BCUT2D eigenvalue weighted by Crippen LogP contribution is 2.35. The highest BCUT2D eigenvalue weighted by atomic mass is 35.5. The van der Waals surface area contributed by atoms with Gasteiger partial charge in [0.05, 0.1) is 42.9 Å². The van der Waals surface area contributed by atoms with Crippen LogP contribution in [0.4, 0.5) is 17.6 Å². The van der Waals surface area contributed by atoms with Crippen molar-refractivity contribution >= 4 is 11.6 Å². The van der Waals surface area contributed by atoms with Crippen LogP contribution in [0.1, 0.15) is 17.0 Å². The van der Waals surface area contributed by atoms with Gasteiger partial charge >= 0.3 is 6.18 Å². The van der Waals surface area contributed by atoms with Crippen molar-refractivity contribution in [3.63, 3.8) is 0 Å². The summed E-state index contributed by atoms with van der Waals surface area (Å²) in [6, 6.07) is 10.0. The lowest BCUT2D eigenvalue weighted by Gasteiger charge is -2.15. The van der Waals surface area contributed by atoms with Crippen molar-refractivity contribution in [1.29, 1.82) is 5.26 Å². The number of hydrogen-bond acceptors (Lipinski definition) is 7. The Morgan fingerprint density at radius 2 is 1.89 bits per heavy atom. The van der Waals surface area contributed by atoms with E-state index >= 15 is 0 Å². The number of nitrogens with zero attached hydrogens (tertiary/aromatic N) is 4. The van der Waals surface area contributed by atoms with Crippen molar-refractivity contribution < 1.29 is 27.0 Å². The minimum atomic E-state index is -5.05. The third-order valence-corrected chi connectivity index (χ3v) is 5.34. The predicted octanol–water partition coefficient (Wildman–Crippen LogP) is 4.53. The fourth-order valence-corrected chi connectivity index (χ4v) is 3.70. The number of ether oxygens (including phenoxy) is 2. The van der Waals surface area contributed by atoms with Gasteiger partial charge in [-0.2, -0.15) is 23.5 Å². The number of halogens is 5. The largest absolute Gasteiger partial charge is 0.496 e.